The summed E-state index contributed by atoms with van der Waals surface area (Å²) in [5.41, 5.74) is 0.660. The van der Waals surface area contributed by atoms with Crippen LogP contribution in [0.4, 0.5) is 5.82 Å². The van der Waals surface area contributed by atoms with E-state index in [1.807, 2.05) is 48.5 Å². The molecule has 6 heteroatoms. The van der Waals surface area contributed by atoms with Crippen LogP contribution in [-0.2, 0) is 0 Å². The number of aromatic hydroxyl groups is 1. The minimum atomic E-state index is 0.134. The van der Waals surface area contributed by atoms with E-state index in [0.29, 0.717) is 17.9 Å². The summed E-state index contributed by atoms with van der Waals surface area (Å²) in [6.07, 6.45) is 3.50. The van der Waals surface area contributed by atoms with Crippen molar-refractivity contribution < 1.29 is 9.84 Å². The Labute approximate surface area is 142 Å². The van der Waals surface area contributed by atoms with E-state index in [0.717, 1.165) is 32.0 Å². The van der Waals surface area contributed by atoms with Gasteiger partial charge in [0.15, 0.2) is 11.5 Å². The molecule has 0 amide bonds. The molecule has 0 bridgehead atoms. The molecule has 1 aromatic heterocycles. The predicted octanol–water partition coefficient (Wildman–Crippen LogP) is 2.34. The van der Waals surface area contributed by atoms with Crippen LogP contribution in [0.15, 0.2) is 47.7 Å². The van der Waals surface area contributed by atoms with Gasteiger partial charge in [0.1, 0.15) is 5.82 Å². The molecule has 1 saturated heterocycles. The second kappa shape index (κ2) is 7.68. The number of para-hydroxylation sites is 1. The molecule has 0 atom stereocenters. The number of hydrogen-bond donors (Lipinski definition) is 1. The Morgan fingerprint density at radius 1 is 1.17 bits per heavy atom. The maximum Gasteiger partial charge on any atom is 0.166 e. The molecule has 2 heterocycles. The van der Waals surface area contributed by atoms with Gasteiger partial charge in [-0.05, 0) is 31.2 Å². The molecular weight excluding hydrogens is 304 g/mol. The Morgan fingerprint density at radius 3 is 2.71 bits per heavy atom. The highest BCUT2D eigenvalue weighted by Crippen LogP contribution is 2.28. The van der Waals surface area contributed by atoms with E-state index >= 15 is 0 Å². The Hall–Kier alpha value is -2.76. The molecule has 1 aromatic carbocycles. The van der Waals surface area contributed by atoms with Crippen molar-refractivity contribution in [3.8, 4) is 11.5 Å². The molecule has 1 aliphatic rings. The lowest BCUT2D eigenvalue weighted by Crippen LogP contribution is -2.44. The van der Waals surface area contributed by atoms with Crippen LogP contribution in [-0.4, -0.2) is 54.1 Å². The lowest BCUT2D eigenvalue weighted by molar-refractivity contribution is 0.271. The Morgan fingerprint density at radius 2 is 2.00 bits per heavy atom. The van der Waals surface area contributed by atoms with Gasteiger partial charge in [0, 0.05) is 24.8 Å². The lowest BCUT2D eigenvalue weighted by Gasteiger charge is -2.33. The SMILES string of the molecule is CCOc1cccc(/C=N/N2CCN(c3ccccn3)CC2)c1O. The fourth-order valence-electron chi connectivity index (χ4n) is 2.64. The number of nitrogens with zero attached hydrogens (tertiary/aromatic N) is 4. The average molecular weight is 326 g/mol. The van der Waals surface area contributed by atoms with Crippen LogP contribution >= 0.6 is 0 Å². The molecule has 126 valence electrons. The monoisotopic (exact) mass is 326 g/mol. The van der Waals surface area contributed by atoms with Gasteiger partial charge in [-0.3, -0.25) is 5.01 Å². The molecule has 1 fully saturated rings. The quantitative estimate of drug-likeness (QED) is 0.855. The highest BCUT2D eigenvalue weighted by atomic mass is 16.5. The molecule has 0 spiro atoms. The molecule has 1 aliphatic heterocycles. The van der Waals surface area contributed by atoms with Gasteiger partial charge in [-0.15, -0.1) is 0 Å². The summed E-state index contributed by atoms with van der Waals surface area (Å²) in [7, 11) is 0. The summed E-state index contributed by atoms with van der Waals surface area (Å²) in [6, 6.07) is 11.4. The van der Waals surface area contributed by atoms with Crippen molar-refractivity contribution in [2.75, 3.05) is 37.7 Å². The van der Waals surface area contributed by atoms with Crippen molar-refractivity contribution >= 4 is 12.0 Å². The standard InChI is InChI=1S/C18H22N4O2/c1-2-24-16-7-5-6-15(18(16)23)14-20-22-12-10-21(11-13-22)17-8-3-4-9-19-17/h3-9,14,23H,2,10-13H2,1H3/b20-14+. The smallest absolute Gasteiger partial charge is 0.166 e. The Kier molecular flexibility index (Phi) is 5.15. The molecule has 3 rings (SSSR count). The molecule has 0 saturated carbocycles. The first-order valence-electron chi connectivity index (χ1n) is 8.17. The number of hydrazone groups is 1. The van der Waals surface area contributed by atoms with Crippen molar-refractivity contribution in [1.29, 1.82) is 0 Å². The predicted molar refractivity (Wildman–Crippen MR) is 94.9 cm³/mol. The second-order valence-electron chi connectivity index (χ2n) is 5.50. The second-order valence-corrected chi connectivity index (χ2v) is 5.50. The minimum Gasteiger partial charge on any atom is -0.504 e. The fraction of sp³-hybridized carbons (Fsp3) is 0.333. The first-order chi connectivity index (χ1) is 11.8. The zero-order valence-corrected chi connectivity index (χ0v) is 13.8. The zero-order chi connectivity index (χ0) is 16.8. The number of anilines is 1. The molecule has 6 nitrogen and oxygen atoms in total. The van der Waals surface area contributed by atoms with Crippen LogP contribution in [0.1, 0.15) is 12.5 Å². The van der Waals surface area contributed by atoms with Gasteiger partial charge >= 0.3 is 0 Å². The van der Waals surface area contributed by atoms with Crippen LogP contribution < -0.4 is 9.64 Å². The number of phenolic OH excluding ortho intramolecular Hbond substituents is 1. The van der Waals surface area contributed by atoms with Crippen LogP contribution in [0.2, 0.25) is 0 Å². The molecule has 24 heavy (non-hydrogen) atoms. The highest BCUT2D eigenvalue weighted by molar-refractivity contribution is 5.84. The number of aromatic nitrogens is 1. The van der Waals surface area contributed by atoms with Crippen molar-refractivity contribution in [1.82, 2.24) is 9.99 Å². The summed E-state index contributed by atoms with van der Waals surface area (Å²) in [5.74, 6) is 1.62. The van der Waals surface area contributed by atoms with E-state index in [1.165, 1.54) is 0 Å². The van der Waals surface area contributed by atoms with Crippen molar-refractivity contribution in [2.24, 2.45) is 5.10 Å². The van der Waals surface area contributed by atoms with Gasteiger partial charge < -0.3 is 14.7 Å². The van der Waals surface area contributed by atoms with Gasteiger partial charge in [0.2, 0.25) is 0 Å². The normalized spacial score (nSPS) is 15.0. The minimum absolute atomic E-state index is 0.134. The number of ether oxygens (including phenoxy) is 1. The third kappa shape index (κ3) is 3.76. The van der Waals surface area contributed by atoms with Gasteiger partial charge in [-0.25, -0.2) is 4.98 Å². The Bertz CT molecular complexity index is 683. The van der Waals surface area contributed by atoms with Crippen molar-refractivity contribution in [3.05, 3.63) is 48.2 Å². The van der Waals surface area contributed by atoms with Crippen LogP contribution in [0.25, 0.3) is 0 Å². The van der Waals surface area contributed by atoms with E-state index in [9.17, 15) is 5.11 Å². The third-order valence-corrected chi connectivity index (χ3v) is 3.92. The Balaban J connectivity index is 1.60. The summed E-state index contributed by atoms with van der Waals surface area (Å²) in [6.45, 7) is 5.79. The summed E-state index contributed by atoms with van der Waals surface area (Å²) >= 11 is 0. The fourth-order valence-corrected chi connectivity index (χ4v) is 2.64. The summed E-state index contributed by atoms with van der Waals surface area (Å²) in [5, 5.41) is 16.7. The van der Waals surface area contributed by atoms with E-state index in [-0.39, 0.29) is 5.75 Å². The zero-order valence-electron chi connectivity index (χ0n) is 13.8. The van der Waals surface area contributed by atoms with E-state index in [1.54, 1.807) is 12.3 Å². The lowest BCUT2D eigenvalue weighted by atomic mass is 10.2. The van der Waals surface area contributed by atoms with Crippen LogP contribution in [0, 0.1) is 0 Å². The third-order valence-electron chi connectivity index (χ3n) is 3.92. The van der Waals surface area contributed by atoms with Crippen LogP contribution in [0.3, 0.4) is 0 Å². The summed E-state index contributed by atoms with van der Waals surface area (Å²) < 4.78 is 5.39. The molecule has 1 N–H and O–H groups in total. The van der Waals surface area contributed by atoms with E-state index in [2.05, 4.69) is 15.0 Å². The van der Waals surface area contributed by atoms with Crippen LogP contribution in [0.5, 0.6) is 11.5 Å². The molecular formula is C18H22N4O2. The van der Waals surface area contributed by atoms with Gasteiger partial charge in [0.05, 0.1) is 25.9 Å². The first kappa shape index (κ1) is 16.1. The maximum absolute atomic E-state index is 10.2. The number of piperazine rings is 1. The first-order valence-corrected chi connectivity index (χ1v) is 8.17. The topological polar surface area (TPSA) is 61.2 Å². The largest absolute Gasteiger partial charge is 0.504 e. The molecule has 0 radical (unpaired) electrons. The van der Waals surface area contributed by atoms with Gasteiger partial charge in [-0.2, -0.15) is 5.10 Å². The molecule has 2 aromatic rings. The number of pyridine rings is 1. The number of benzene rings is 1. The van der Waals surface area contributed by atoms with E-state index < -0.39 is 0 Å². The van der Waals surface area contributed by atoms with Gasteiger partial charge in [-0.1, -0.05) is 12.1 Å². The number of rotatable bonds is 5. The average Bonchev–Trinajstić information content (AvgIpc) is 2.64. The van der Waals surface area contributed by atoms with Crippen molar-refractivity contribution in [2.45, 2.75) is 6.92 Å². The summed E-state index contributed by atoms with van der Waals surface area (Å²) in [4.78, 5) is 6.63. The van der Waals surface area contributed by atoms with E-state index in [4.69, 9.17) is 4.74 Å². The number of hydrogen-bond acceptors (Lipinski definition) is 6. The van der Waals surface area contributed by atoms with Gasteiger partial charge in [0.25, 0.3) is 0 Å². The number of phenols is 1. The maximum atomic E-state index is 10.2. The molecule has 0 aliphatic carbocycles. The highest BCUT2D eigenvalue weighted by Gasteiger charge is 2.16. The van der Waals surface area contributed by atoms with Crippen molar-refractivity contribution in [3.63, 3.8) is 0 Å². The molecule has 0 unspecified atom stereocenters.